The maximum absolute atomic E-state index is 3.00. The molecule has 23 heavy (non-hydrogen) atoms. The molecule has 0 aliphatic heterocycles. The summed E-state index contributed by atoms with van der Waals surface area (Å²) in [5.41, 5.74) is 3.28. The third-order valence-corrected chi connectivity index (χ3v) is 3.17. The molecule has 2 rings (SSSR count). The number of hydrogen-bond acceptors (Lipinski definition) is 0. The van der Waals surface area contributed by atoms with Crippen molar-refractivity contribution < 1.29 is 51.0 Å². The van der Waals surface area contributed by atoms with Gasteiger partial charge in [0, 0.05) is 0 Å². The summed E-state index contributed by atoms with van der Waals surface area (Å²) in [6.45, 7) is 13.3. The summed E-state index contributed by atoms with van der Waals surface area (Å²) in [6.07, 6.45) is 0. The van der Waals surface area contributed by atoms with Gasteiger partial charge in [-0.1, -0.05) is 41.5 Å². The standard InChI is InChI=1S/2C10H13.2ClH.Zr/c2*1-10(2,3)9-7-5-4-6-8-9;;;/h2*5-8H,1-3H3;2*1H;/q2*-1;;;+4/p-2. The molecule has 0 unspecified atom stereocenters. The maximum Gasteiger partial charge on any atom is 4.00 e. The molecule has 0 nitrogen and oxygen atoms in total. The first-order chi connectivity index (χ1) is 9.21. The quantitative estimate of drug-likeness (QED) is 0.500. The first kappa shape index (κ1) is 27.7. The van der Waals surface area contributed by atoms with Crippen LogP contribution in [0.1, 0.15) is 52.7 Å². The fourth-order valence-corrected chi connectivity index (χ4v) is 1.77. The maximum atomic E-state index is 3.00. The number of halogens is 2. The van der Waals surface area contributed by atoms with Crippen LogP contribution < -0.4 is 24.8 Å². The van der Waals surface area contributed by atoms with Crippen molar-refractivity contribution >= 4 is 0 Å². The summed E-state index contributed by atoms with van der Waals surface area (Å²) in [7, 11) is 0. The molecule has 0 aliphatic rings. The molecule has 0 radical (unpaired) electrons. The minimum absolute atomic E-state index is 0. The smallest absolute Gasteiger partial charge is 1.00 e. The SMILES string of the molecule is CC(C)(C)c1cc[c-]cc1.CC(C)(C)c1cc[c-]cc1.[Cl-].[Cl-].[Zr+4]. The van der Waals surface area contributed by atoms with Gasteiger partial charge in [-0.25, -0.2) is 0 Å². The van der Waals surface area contributed by atoms with Gasteiger partial charge in [0.2, 0.25) is 0 Å². The van der Waals surface area contributed by atoms with E-state index in [2.05, 4.69) is 77.9 Å². The Balaban J connectivity index is -0.000000308. The van der Waals surface area contributed by atoms with Crippen molar-refractivity contribution in [2.24, 2.45) is 0 Å². The van der Waals surface area contributed by atoms with Crippen LogP contribution in [0.15, 0.2) is 48.5 Å². The number of benzene rings is 2. The van der Waals surface area contributed by atoms with E-state index in [1.165, 1.54) is 11.1 Å². The average Bonchev–Trinajstić information content (AvgIpc) is 2.40. The van der Waals surface area contributed by atoms with Crippen LogP contribution in [0, 0.1) is 12.1 Å². The van der Waals surface area contributed by atoms with Crippen LogP contribution in [-0.2, 0) is 37.0 Å². The van der Waals surface area contributed by atoms with Crippen molar-refractivity contribution in [2.45, 2.75) is 52.4 Å². The molecule has 0 amide bonds. The summed E-state index contributed by atoms with van der Waals surface area (Å²) < 4.78 is 0. The summed E-state index contributed by atoms with van der Waals surface area (Å²) in [6, 6.07) is 22.3. The molecule has 0 saturated heterocycles. The van der Waals surface area contributed by atoms with Crippen LogP contribution >= 0.6 is 0 Å². The van der Waals surface area contributed by atoms with Gasteiger partial charge in [0.15, 0.2) is 0 Å². The van der Waals surface area contributed by atoms with Gasteiger partial charge in [-0.2, -0.15) is 71.8 Å². The van der Waals surface area contributed by atoms with E-state index < -0.39 is 0 Å². The van der Waals surface area contributed by atoms with Gasteiger partial charge < -0.3 is 24.8 Å². The Morgan fingerprint density at radius 1 is 0.565 bits per heavy atom. The molecule has 0 spiro atoms. The monoisotopic (exact) mass is 426 g/mol. The van der Waals surface area contributed by atoms with Gasteiger partial charge in [0.1, 0.15) is 0 Å². The summed E-state index contributed by atoms with van der Waals surface area (Å²) in [5.74, 6) is 0. The zero-order chi connectivity index (χ0) is 15.2. The Kier molecular flexibility index (Phi) is 14.8. The Morgan fingerprint density at radius 3 is 0.913 bits per heavy atom. The second kappa shape index (κ2) is 12.3. The van der Waals surface area contributed by atoms with E-state index in [1.807, 2.05) is 24.3 Å². The molecule has 0 atom stereocenters. The van der Waals surface area contributed by atoms with Crippen molar-refractivity contribution in [1.82, 2.24) is 0 Å². The Labute approximate surface area is 174 Å². The third-order valence-electron chi connectivity index (χ3n) is 3.17. The van der Waals surface area contributed by atoms with Crippen LogP contribution in [0.5, 0.6) is 0 Å². The van der Waals surface area contributed by atoms with E-state index in [1.54, 1.807) is 0 Å². The molecule has 0 saturated carbocycles. The molecule has 0 aromatic heterocycles. The molecule has 124 valence electrons. The number of hydrogen-bond donors (Lipinski definition) is 0. The van der Waals surface area contributed by atoms with Crippen molar-refractivity contribution in [3.63, 3.8) is 0 Å². The van der Waals surface area contributed by atoms with Gasteiger partial charge in [-0.3, -0.25) is 0 Å². The molecule has 0 bridgehead atoms. The zero-order valence-electron chi connectivity index (χ0n) is 14.9. The minimum Gasteiger partial charge on any atom is -1.00 e. The third kappa shape index (κ3) is 11.1. The van der Waals surface area contributed by atoms with Crippen molar-refractivity contribution in [1.29, 1.82) is 0 Å². The fourth-order valence-electron chi connectivity index (χ4n) is 1.77. The van der Waals surface area contributed by atoms with Crippen LogP contribution in [0.25, 0.3) is 0 Å². The number of rotatable bonds is 0. The van der Waals surface area contributed by atoms with Crippen LogP contribution in [0.2, 0.25) is 0 Å². The van der Waals surface area contributed by atoms with Gasteiger partial charge in [0.25, 0.3) is 0 Å². The molecule has 0 heterocycles. The molecule has 0 aliphatic carbocycles. The van der Waals surface area contributed by atoms with Crippen LogP contribution in [0.4, 0.5) is 0 Å². The van der Waals surface area contributed by atoms with Crippen LogP contribution in [-0.4, -0.2) is 0 Å². The van der Waals surface area contributed by atoms with Crippen LogP contribution in [0.3, 0.4) is 0 Å². The van der Waals surface area contributed by atoms with Gasteiger partial charge in [-0.05, 0) is 10.8 Å². The predicted molar refractivity (Wildman–Crippen MR) is 88.0 cm³/mol. The fraction of sp³-hybridized carbons (Fsp3) is 0.400. The normalized spacial score (nSPS) is 10.0. The Hall–Kier alpha value is -0.0969. The first-order valence-corrected chi connectivity index (χ1v) is 7.14. The topological polar surface area (TPSA) is 0 Å². The molecule has 0 N–H and O–H groups in total. The van der Waals surface area contributed by atoms with E-state index in [0.29, 0.717) is 0 Å². The molecule has 0 fully saturated rings. The Morgan fingerprint density at radius 2 is 0.783 bits per heavy atom. The van der Waals surface area contributed by atoms with Gasteiger partial charge in [-0.15, -0.1) is 0 Å². The Bertz CT molecular complexity index is 447. The van der Waals surface area contributed by atoms with Gasteiger partial charge >= 0.3 is 26.2 Å². The molecular formula is C20H26Cl2Zr. The average molecular weight is 429 g/mol. The van der Waals surface area contributed by atoms with Crippen molar-refractivity contribution in [3.8, 4) is 0 Å². The van der Waals surface area contributed by atoms with E-state index in [4.69, 9.17) is 0 Å². The molecule has 3 heteroatoms. The summed E-state index contributed by atoms with van der Waals surface area (Å²) in [4.78, 5) is 0. The summed E-state index contributed by atoms with van der Waals surface area (Å²) >= 11 is 0. The second-order valence-electron chi connectivity index (χ2n) is 7.08. The molecular weight excluding hydrogens is 402 g/mol. The first-order valence-electron chi connectivity index (χ1n) is 7.14. The van der Waals surface area contributed by atoms with E-state index in [-0.39, 0.29) is 61.8 Å². The predicted octanol–water partition coefficient (Wildman–Crippen LogP) is -0.426. The molecule has 2 aromatic rings. The van der Waals surface area contributed by atoms with Crippen molar-refractivity contribution in [3.05, 3.63) is 71.8 Å². The summed E-state index contributed by atoms with van der Waals surface area (Å²) in [5, 5.41) is 0. The second-order valence-corrected chi connectivity index (χ2v) is 7.08. The molecule has 2 aromatic carbocycles. The minimum atomic E-state index is 0. The largest absolute Gasteiger partial charge is 4.00 e. The van der Waals surface area contributed by atoms with Gasteiger partial charge in [0.05, 0.1) is 0 Å². The van der Waals surface area contributed by atoms with E-state index in [0.717, 1.165) is 0 Å². The van der Waals surface area contributed by atoms with E-state index in [9.17, 15) is 0 Å². The van der Waals surface area contributed by atoms with E-state index >= 15 is 0 Å². The van der Waals surface area contributed by atoms with Crippen molar-refractivity contribution in [2.75, 3.05) is 0 Å². The zero-order valence-corrected chi connectivity index (χ0v) is 18.8.